The first-order chi connectivity index (χ1) is 15.2. The molecule has 0 spiro atoms. The number of nitrogens with two attached hydrogens (primary N) is 1. The Morgan fingerprint density at radius 2 is 1.78 bits per heavy atom. The molecule has 1 aromatic heterocycles. The predicted molar refractivity (Wildman–Crippen MR) is 121 cm³/mol. The SMILES string of the molecule is COc1ncc2c(N3CCC(N(C(=O)OC(C)(C)C)C4CC4)CC3)ccc(C(N)=O)c2n1. The third-order valence-corrected chi connectivity index (χ3v) is 5.90. The van der Waals surface area contributed by atoms with Gasteiger partial charge < -0.3 is 25.0 Å². The smallest absolute Gasteiger partial charge is 0.410 e. The van der Waals surface area contributed by atoms with Gasteiger partial charge in [-0.3, -0.25) is 4.79 Å². The Balaban J connectivity index is 1.55. The van der Waals surface area contributed by atoms with Crippen molar-refractivity contribution in [1.29, 1.82) is 0 Å². The van der Waals surface area contributed by atoms with Gasteiger partial charge in [0.2, 0.25) is 0 Å². The quantitative estimate of drug-likeness (QED) is 0.759. The number of anilines is 1. The van der Waals surface area contributed by atoms with E-state index in [1.807, 2.05) is 31.7 Å². The topological polar surface area (TPSA) is 111 Å². The fraction of sp³-hybridized carbons (Fsp3) is 0.565. The second-order valence-corrected chi connectivity index (χ2v) is 9.45. The molecule has 2 aliphatic rings. The summed E-state index contributed by atoms with van der Waals surface area (Å²) in [6.07, 6.45) is 5.22. The van der Waals surface area contributed by atoms with Crippen LogP contribution in [0, 0.1) is 0 Å². The molecule has 9 heteroatoms. The molecule has 2 aromatic rings. The lowest BCUT2D eigenvalue weighted by molar-refractivity contribution is 0.0114. The molecule has 2 fully saturated rings. The standard InChI is InChI=1S/C23H31N5O4/c1-23(2,3)32-22(30)28(14-5-6-14)15-9-11-27(12-10-15)18-8-7-16(20(24)29)19-17(18)13-25-21(26-19)31-4/h7-8,13-15H,5-6,9-12H2,1-4H3,(H2,24,29). The van der Waals surface area contributed by atoms with Gasteiger partial charge in [-0.2, -0.15) is 4.98 Å². The zero-order valence-corrected chi connectivity index (χ0v) is 19.1. The zero-order valence-electron chi connectivity index (χ0n) is 19.1. The number of piperidine rings is 1. The number of nitrogens with zero attached hydrogens (tertiary/aromatic N) is 4. The third-order valence-electron chi connectivity index (χ3n) is 5.90. The van der Waals surface area contributed by atoms with Gasteiger partial charge in [0.25, 0.3) is 5.91 Å². The normalized spacial score (nSPS) is 17.3. The first kappa shape index (κ1) is 22.1. The van der Waals surface area contributed by atoms with Crippen LogP contribution >= 0.6 is 0 Å². The predicted octanol–water partition coefficient (Wildman–Crippen LogP) is 3.11. The highest BCUT2D eigenvalue weighted by atomic mass is 16.6. The Morgan fingerprint density at radius 1 is 1.12 bits per heavy atom. The Bertz CT molecular complexity index is 1020. The van der Waals surface area contributed by atoms with Crippen molar-refractivity contribution in [2.75, 3.05) is 25.1 Å². The van der Waals surface area contributed by atoms with E-state index in [9.17, 15) is 9.59 Å². The number of benzene rings is 1. The number of aromatic nitrogens is 2. The molecule has 2 heterocycles. The second-order valence-electron chi connectivity index (χ2n) is 9.45. The lowest BCUT2D eigenvalue weighted by Crippen LogP contribution is -2.50. The maximum Gasteiger partial charge on any atom is 0.410 e. The fourth-order valence-corrected chi connectivity index (χ4v) is 4.31. The summed E-state index contributed by atoms with van der Waals surface area (Å²) in [6.45, 7) is 7.24. The van der Waals surface area contributed by atoms with E-state index in [0.29, 0.717) is 11.1 Å². The van der Waals surface area contributed by atoms with Gasteiger partial charge >= 0.3 is 12.1 Å². The van der Waals surface area contributed by atoms with Crippen molar-refractivity contribution in [3.05, 3.63) is 23.9 Å². The molecule has 0 radical (unpaired) electrons. The molecule has 0 bridgehead atoms. The van der Waals surface area contributed by atoms with Crippen LogP contribution in [0.1, 0.15) is 56.8 Å². The number of carbonyl (C=O) groups is 2. The third kappa shape index (κ3) is 4.56. The summed E-state index contributed by atoms with van der Waals surface area (Å²) in [6, 6.07) is 4.23. The number of primary amides is 1. The van der Waals surface area contributed by atoms with Crippen LogP contribution in [0.15, 0.2) is 18.3 Å². The summed E-state index contributed by atoms with van der Waals surface area (Å²) in [5.74, 6) is -0.543. The average Bonchev–Trinajstić information content (AvgIpc) is 3.56. The van der Waals surface area contributed by atoms with E-state index in [1.165, 1.54) is 7.11 Å². The lowest BCUT2D eigenvalue weighted by atomic mass is 10.0. The summed E-state index contributed by atoms with van der Waals surface area (Å²) in [7, 11) is 1.48. The maximum atomic E-state index is 12.8. The van der Waals surface area contributed by atoms with Crippen LogP contribution in [0.25, 0.3) is 10.9 Å². The van der Waals surface area contributed by atoms with E-state index in [0.717, 1.165) is 49.8 Å². The molecule has 2 amide bonds. The van der Waals surface area contributed by atoms with Crippen LogP contribution in [0.2, 0.25) is 0 Å². The minimum absolute atomic E-state index is 0.154. The summed E-state index contributed by atoms with van der Waals surface area (Å²) >= 11 is 0. The van der Waals surface area contributed by atoms with E-state index >= 15 is 0 Å². The van der Waals surface area contributed by atoms with Crippen molar-refractivity contribution in [2.24, 2.45) is 5.73 Å². The largest absolute Gasteiger partial charge is 0.467 e. The summed E-state index contributed by atoms with van der Waals surface area (Å²) in [5.41, 5.74) is 6.81. The van der Waals surface area contributed by atoms with Gasteiger partial charge in [0.05, 0.1) is 18.2 Å². The van der Waals surface area contributed by atoms with Gasteiger partial charge in [-0.1, -0.05) is 0 Å². The van der Waals surface area contributed by atoms with Gasteiger partial charge in [0.15, 0.2) is 0 Å². The number of hydrogen-bond donors (Lipinski definition) is 1. The Hall–Kier alpha value is -3.10. The van der Waals surface area contributed by atoms with E-state index in [4.69, 9.17) is 15.2 Å². The molecule has 4 rings (SSSR count). The van der Waals surface area contributed by atoms with E-state index < -0.39 is 11.5 Å². The Morgan fingerprint density at radius 3 is 2.34 bits per heavy atom. The van der Waals surface area contributed by atoms with Crippen molar-refractivity contribution in [1.82, 2.24) is 14.9 Å². The van der Waals surface area contributed by atoms with Crippen molar-refractivity contribution in [2.45, 2.75) is 64.1 Å². The molecule has 1 saturated carbocycles. The summed E-state index contributed by atoms with van der Waals surface area (Å²) in [4.78, 5) is 37.6. The average molecular weight is 442 g/mol. The molecule has 0 unspecified atom stereocenters. The van der Waals surface area contributed by atoms with Gasteiger partial charge in [-0.25, -0.2) is 9.78 Å². The van der Waals surface area contributed by atoms with Gasteiger partial charge in [0.1, 0.15) is 5.60 Å². The molecule has 1 aromatic carbocycles. The Labute approximate surface area is 187 Å². The lowest BCUT2D eigenvalue weighted by Gasteiger charge is -2.40. The number of fused-ring (bicyclic) bond motifs is 1. The minimum atomic E-state index is -0.543. The molecule has 1 saturated heterocycles. The minimum Gasteiger partial charge on any atom is -0.467 e. The molecular weight excluding hydrogens is 410 g/mol. The van der Waals surface area contributed by atoms with Gasteiger partial charge in [0, 0.05) is 42.4 Å². The van der Waals surface area contributed by atoms with Crippen molar-refractivity contribution in [3.63, 3.8) is 0 Å². The Kier molecular flexibility index (Phi) is 5.83. The molecule has 2 N–H and O–H groups in total. The molecule has 1 aliphatic heterocycles. The first-order valence-corrected chi connectivity index (χ1v) is 11.1. The van der Waals surface area contributed by atoms with Crippen LogP contribution in [0.3, 0.4) is 0 Å². The number of methoxy groups -OCH3 is 1. The van der Waals surface area contributed by atoms with Crippen molar-refractivity contribution in [3.8, 4) is 6.01 Å². The monoisotopic (exact) mass is 441 g/mol. The molecule has 0 atom stereocenters. The van der Waals surface area contributed by atoms with Gasteiger partial charge in [-0.05, 0) is 58.6 Å². The maximum absolute atomic E-state index is 12.8. The van der Waals surface area contributed by atoms with E-state index in [1.54, 1.807) is 12.3 Å². The number of amides is 2. The summed E-state index contributed by atoms with van der Waals surface area (Å²) in [5, 5.41) is 0.756. The van der Waals surface area contributed by atoms with E-state index in [-0.39, 0.29) is 24.2 Å². The number of rotatable bonds is 5. The van der Waals surface area contributed by atoms with E-state index in [2.05, 4.69) is 14.9 Å². The second kappa shape index (κ2) is 8.44. The highest BCUT2D eigenvalue weighted by Crippen LogP contribution is 2.36. The molecular formula is C23H31N5O4. The molecule has 1 aliphatic carbocycles. The molecule has 32 heavy (non-hydrogen) atoms. The highest BCUT2D eigenvalue weighted by molar-refractivity contribution is 6.08. The number of ether oxygens (including phenoxy) is 2. The van der Waals surface area contributed by atoms with Crippen molar-refractivity contribution >= 4 is 28.6 Å². The molecule has 172 valence electrons. The first-order valence-electron chi connectivity index (χ1n) is 11.1. The number of carbonyl (C=O) groups excluding carboxylic acids is 2. The summed E-state index contributed by atoms with van der Waals surface area (Å²) < 4.78 is 10.8. The van der Waals surface area contributed by atoms with Crippen LogP contribution < -0.4 is 15.4 Å². The molecule has 9 nitrogen and oxygen atoms in total. The van der Waals surface area contributed by atoms with Crippen molar-refractivity contribution < 1.29 is 19.1 Å². The van der Waals surface area contributed by atoms with Crippen LogP contribution in [-0.2, 0) is 4.74 Å². The van der Waals surface area contributed by atoms with Crippen LogP contribution in [0.4, 0.5) is 10.5 Å². The highest BCUT2D eigenvalue weighted by Gasteiger charge is 2.40. The number of hydrogen-bond acceptors (Lipinski definition) is 7. The zero-order chi connectivity index (χ0) is 23.0. The van der Waals surface area contributed by atoms with Crippen LogP contribution in [-0.4, -0.2) is 64.8 Å². The van der Waals surface area contributed by atoms with Crippen LogP contribution in [0.5, 0.6) is 6.01 Å². The fourth-order valence-electron chi connectivity index (χ4n) is 4.31. The van der Waals surface area contributed by atoms with Gasteiger partial charge in [-0.15, -0.1) is 0 Å².